The van der Waals surface area contributed by atoms with Crippen molar-refractivity contribution in [2.45, 2.75) is 6.61 Å². The van der Waals surface area contributed by atoms with Crippen LogP contribution in [-0.2, 0) is 6.61 Å². The number of benzene rings is 1. The van der Waals surface area contributed by atoms with Crippen molar-refractivity contribution in [2.75, 3.05) is 5.88 Å². The molecule has 0 atom stereocenters. The van der Waals surface area contributed by atoms with Crippen molar-refractivity contribution < 1.29 is 9.13 Å². The molecule has 1 aromatic carbocycles. The summed E-state index contributed by atoms with van der Waals surface area (Å²) in [4.78, 5) is 3.97. The zero-order valence-corrected chi connectivity index (χ0v) is 10.8. The van der Waals surface area contributed by atoms with E-state index in [1.54, 1.807) is 30.6 Å². The van der Waals surface area contributed by atoms with Gasteiger partial charge in [0.15, 0.2) is 11.6 Å². The molecule has 0 unspecified atom stereocenters. The van der Waals surface area contributed by atoms with Crippen molar-refractivity contribution in [3.8, 4) is 17.6 Å². The lowest BCUT2D eigenvalue weighted by Crippen LogP contribution is -1.98. The van der Waals surface area contributed by atoms with Gasteiger partial charge in [0, 0.05) is 23.5 Å². The van der Waals surface area contributed by atoms with Crippen LogP contribution in [-0.4, -0.2) is 10.9 Å². The highest BCUT2D eigenvalue weighted by atomic mass is 35.5. The number of hydrogen-bond acceptors (Lipinski definition) is 2. The summed E-state index contributed by atoms with van der Waals surface area (Å²) in [6.45, 7) is 0.261. The van der Waals surface area contributed by atoms with Gasteiger partial charge in [0.05, 0.1) is 5.88 Å². The van der Waals surface area contributed by atoms with Crippen LogP contribution in [0.2, 0.25) is 0 Å². The quantitative estimate of drug-likeness (QED) is 0.633. The van der Waals surface area contributed by atoms with Gasteiger partial charge in [-0.25, -0.2) is 4.39 Å². The molecule has 2 aromatic rings. The van der Waals surface area contributed by atoms with Gasteiger partial charge in [-0.15, -0.1) is 11.6 Å². The fraction of sp³-hybridized carbons (Fsp3) is 0.133. The zero-order chi connectivity index (χ0) is 13.5. The van der Waals surface area contributed by atoms with Gasteiger partial charge in [-0.3, -0.25) is 4.98 Å². The summed E-state index contributed by atoms with van der Waals surface area (Å²) < 4.78 is 19.0. The molecule has 4 heteroatoms. The van der Waals surface area contributed by atoms with Gasteiger partial charge in [0.25, 0.3) is 0 Å². The maximum Gasteiger partial charge on any atom is 0.165 e. The molecule has 2 rings (SSSR count). The highest BCUT2D eigenvalue weighted by molar-refractivity contribution is 6.19. The summed E-state index contributed by atoms with van der Waals surface area (Å²) in [6.07, 6.45) is 3.35. The van der Waals surface area contributed by atoms with Crippen LogP contribution in [0.3, 0.4) is 0 Å². The van der Waals surface area contributed by atoms with E-state index in [0.717, 1.165) is 5.56 Å². The fourth-order valence-corrected chi connectivity index (χ4v) is 1.54. The third kappa shape index (κ3) is 3.97. The smallest absolute Gasteiger partial charge is 0.165 e. The molecule has 96 valence electrons. The molecule has 0 bridgehead atoms. The number of rotatable bonds is 3. The van der Waals surface area contributed by atoms with Crippen molar-refractivity contribution in [3.63, 3.8) is 0 Å². The summed E-state index contributed by atoms with van der Waals surface area (Å²) in [7, 11) is 0. The van der Waals surface area contributed by atoms with Gasteiger partial charge in [-0.1, -0.05) is 17.9 Å². The number of ether oxygens (including phenoxy) is 1. The van der Waals surface area contributed by atoms with Crippen molar-refractivity contribution in [1.29, 1.82) is 0 Å². The number of alkyl halides is 1. The average molecular weight is 276 g/mol. The third-order valence-electron chi connectivity index (χ3n) is 2.35. The standard InChI is InChI=1S/C15H11ClFNO/c16-7-1-3-12-5-6-14(17)15(9-12)19-11-13-4-2-8-18-10-13/h2,4-6,8-10H,7,11H2. The lowest BCUT2D eigenvalue weighted by atomic mass is 10.2. The van der Waals surface area contributed by atoms with E-state index < -0.39 is 5.82 Å². The fourth-order valence-electron chi connectivity index (χ4n) is 1.47. The van der Waals surface area contributed by atoms with Crippen LogP contribution >= 0.6 is 11.6 Å². The van der Waals surface area contributed by atoms with E-state index in [1.807, 2.05) is 6.07 Å². The van der Waals surface area contributed by atoms with Gasteiger partial charge in [-0.05, 0) is 24.3 Å². The summed E-state index contributed by atoms with van der Waals surface area (Å²) in [5.41, 5.74) is 1.54. The van der Waals surface area contributed by atoms with Crippen LogP contribution in [0.25, 0.3) is 0 Å². The van der Waals surface area contributed by atoms with Gasteiger partial charge in [-0.2, -0.15) is 0 Å². The molecule has 0 radical (unpaired) electrons. The maximum atomic E-state index is 13.6. The van der Waals surface area contributed by atoms with Gasteiger partial charge in [0.1, 0.15) is 6.61 Å². The summed E-state index contributed by atoms with van der Waals surface area (Å²) >= 11 is 5.48. The molecule has 0 aliphatic heterocycles. The molecule has 0 saturated heterocycles. The van der Waals surface area contributed by atoms with E-state index in [-0.39, 0.29) is 18.2 Å². The molecule has 0 N–H and O–H groups in total. The number of nitrogens with zero attached hydrogens (tertiary/aromatic N) is 1. The second-order valence-electron chi connectivity index (χ2n) is 3.73. The van der Waals surface area contributed by atoms with E-state index in [2.05, 4.69) is 16.8 Å². The van der Waals surface area contributed by atoms with Gasteiger partial charge < -0.3 is 4.74 Å². The molecule has 0 aliphatic carbocycles. The van der Waals surface area contributed by atoms with E-state index in [0.29, 0.717) is 5.56 Å². The highest BCUT2D eigenvalue weighted by Gasteiger charge is 2.04. The summed E-state index contributed by atoms with van der Waals surface area (Å²) in [5, 5.41) is 0. The number of hydrogen-bond donors (Lipinski definition) is 0. The molecule has 0 spiro atoms. The topological polar surface area (TPSA) is 22.1 Å². The van der Waals surface area contributed by atoms with Crippen LogP contribution in [0.4, 0.5) is 4.39 Å². The molecule has 0 amide bonds. The van der Waals surface area contributed by atoms with Crippen molar-refractivity contribution >= 4 is 11.6 Å². The molecule has 1 heterocycles. The molecule has 2 nitrogen and oxygen atoms in total. The first-order chi connectivity index (χ1) is 9.29. The Balaban J connectivity index is 2.11. The molecule has 0 aliphatic rings. The van der Waals surface area contributed by atoms with Crippen LogP contribution in [0.1, 0.15) is 11.1 Å². The number of pyridine rings is 1. The lowest BCUT2D eigenvalue weighted by molar-refractivity contribution is 0.290. The first-order valence-electron chi connectivity index (χ1n) is 5.65. The first-order valence-corrected chi connectivity index (χ1v) is 6.19. The van der Waals surface area contributed by atoms with Crippen molar-refractivity contribution in [1.82, 2.24) is 4.98 Å². The largest absolute Gasteiger partial charge is 0.486 e. The monoisotopic (exact) mass is 275 g/mol. The Morgan fingerprint density at radius 3 is 2.95 bits per heavy atom. The minimum Gasteiger partial charge on any atom is -0.486 e. The van der Waals surface area contributed by atoms with Crippen molar-refractivity contribution in [3.05, 3.63) is 59.7 Å². The highest BCUT2D eigenvalue weighted by Crippen LogP contribution is 2.19. The second kappa shape index (κ2) is 6.77. The second-order valence-corrected chi connectivity index (χ2v) is 4.00. The Bertz CT molecular complexity index is 605. The Morgan fingerprint density at radius 1 is 1.32 bits per heavy atom. The minimum atomic E-state index is -0.416. The van der Waals surface area contributed by atoms with Crippen molar-refractivity contribution in [2.24, 2.45) is 0 Å². The summed E-state index contributed by atoms with van der Waals surface area (Å²) in [5.74, 6) is 5.53. The van der Waals surface area contributed by atoms with E-state index >= 15 is 0 Å². The maximum absolute atomic E-state index is 13.6. The molecule has 19 heavy (non-hydrogen) atoms. The average Bonchev–Trinajstić information content (AvgIpc) is 2.46. The SMILES string of the molecule is Fc1ccc(C#CCCl)cc1OCc1cccnc1. The molecular formula is C15H11ClFNO. The predicted molar refractivity (Wildman–Crippen MR) is 72.6 cm³/mol. The Hall–Kier alpha value is -2.05. The van der Waals surface area contributed by atoms with Gasteiger partial charge >= 0.3 is 0 Å². The van der Waals surface area contributed by atoms with E-state index in [9.17, 15) is 4.39 Å². The van der Waals surface area contributed by atoms with E-state index in [4.69, 9.17) is 16.3 Å². The van der Waals surface area contributed by atoms with Crippen LogP contribution < -0.4 is 4.74 Å². The van der Waals surface area contributed by atoms with Gasteiger partial charge in [0.2, 0.25) is 0 Å². The van der Waals surface area contributed by atoms with Crippen LogP contribution in [0, 0.1) is 17.7 Å². The Kier molecular flexibility index (Phi) is 4.77. The molecular weight excluding hydrogens is 265 g/mol. The lowest BCUT2D eigenvalue weighted by Gasteiger charge is -2.07. The zero-order valence-electron chi connectivity index (χ0n) is 10.1. The number of aromatic nitrogens is 1. The number of halogens is 2. The van der Waals surface area contributed by atoms with Crippen LogP contribution in [0.15, 0.2) is 42.7 Å². The third-order valence-corrected chi connectivity index (χ3v) is 2.48. The summed E-state index contributed by atoms with van der Waals surface area (Å²) in [6, 6.07) is 8.15. The first kappa shape index (κ1) is 13.4. The van der Waals surface area contributed by atoms with Crippen LogP contribution in [0.5, 0.6) is 5.75 Å². The minimum absolute atomic E-state index is 0.172. The molecule has 1 aromatic heterocycles. The Morgan fingerprint density at radius 2 is 2.21 bits per heavy atom. The molecule has 0 saturated carbocycles. The van der Waals surface area contributed by atoms with E-state index in [1.165, 1.54) is 6.07 Å². The Labute approximate surface area is 116 Å². The predicted octanol–water partition coefficient (Wildman–Crippen LogP) is 3.39. The normalized spacial score (nSPS) is 9.58. The molecule has 0 fully saturated rings.